The lowest BCUT2D eigenvalue weighted by Gasteiger charge is -2.15. The number of amides is 1. The van der Waals surface area contributed by atoms with E-state index in [4.69, 9.17) is 0 Å². The van der Waals surface area contributed by atoms with Crippen molar-refractivity contribution in [3.05, 3.63) is 29.6 Å². The molecule has 3 heteroatoms. The molecule has 1 rings (SSSR count). The van der Waals surface area contributed by atoms with Crippen LogP contribution in [0.1, 0.15) is 35.7 Å². The van der Waals surface area contributed by atoms with Crippen LogP contribution in [0, 0.1) is 0 Å². The van der Waals surface area contributed by atoms with Gasteiger partial charge in [0.05, 0.1) is 5.56 Å². The quantitative estimate of drug-likeness (QED) is 0.717. The summed E-state index contributed by atoms with van der Waals surface area (Å²) in [4.78, 5) is 17.3. The highest BCUT2D eigenvalue weighted by molar-refractivity contribution is 5.95. The van der Waals surface area contributed by atoms with Gasteiger partial charge in [0, 0.05) is 26.5 Å². The Morgan fingerprint density at radius 2 is 2.07 bits per heavy atom. The summed E-state index contributed by atoms with van der Waals surface area (Å²) in [5, 5.41) is 0. The number of carbonyl (C=O) groups excluding carboxylic acids is 1. The molecule has 0 spiro atoms. The monoisotopic (exact) mass is 192 g/mol. The molecular weight excluding hydrogens is 176 g/mol. The summed E-state index contributed by atoms with van der Waals surface area (Å²) in [6.45, 7) is 4.14. The number of nitrogens with zero attached hydrogens (tertiary/aromatic N) is 2. The summed E-state index contributed by atoms with van der Waals surface area (Å²) in [5.41, 5.74) is 1.76. The van der Waals surface area contributed by atoms with Gasteiger partial charge in [0.15, 0.2) is 0 Å². The second kappa shape index (κ2) is 4.22. The topological polar surface area (TPSA) is 33.2 Å². The summed E-state index contributed by atoms with van der Waals surface area (Å²) in [6.07, 6.45) is 3.36. The molecule has 0 aliphatic heterocycles. The summed E-state index contributed by atoms with van der Waals surface area (Å²) in [6, 6.07) is 1.90. The number of hydrogen-bond donors (Lipinski definition) is 0. The van der Waals surface area contributed by atoms with E-state index in [0.717, 1.165) is 5.56 Å². The third kappa shape index (κ3) is 2.10. The van der Waals surface area contributed by atoms with Crippen LogP contribution >= 0.6 is 0 Å². The van der Waals surface area contributed by atoms with Crippen molar-refractivity contribution >= 4 is 5.91 Å². The molecule has 76 valence electrons. The van der Waals surface area contributed by atoms with Crippen LogP contribution in [0.4, 0.5) is 0 Å². The molecule has 3 nitrogen and oxygen atoms in total. The zero-order valence-corrected chi connectivity index (χ0v) is 9.11. The van der Waals surface area contributed by atoms with Crippen LogP contribution in [0.25, 0.3) is 0 Å². The van der Waals surface area contributed by atoms with Gasteiger partial charge >= 0.3 is 0 Å². The van der Waals surface area contributed by atoms with Crippen LogP contribution in [0.2, 0.25) is 0 Å². The molecule has 0 fully saturated rings. The Labute approximate surface area is 84.8 Å². The zero-order chi connectivity index (χ0) is 10.7. The smallest absolute Gasteiger partial charge is 0.255 e. The fraction of sp³-hybridized carbons (Fsp3) is 0.455. The largest absolute Gasteiger partial charge is 0.345 e. The van der Waals surface area contributed by atoms with Crippen LogP contribution in [0.3, 0.4) is 0 Å². The molecule has 0 saturated carbocycles. The minimum absolute atomic E-state index is 0.0156. The first-order valence-corrected chi connectivity index (χ1v) is 4.69. The summed E-state index contributed by atoms with van der Waals surface area (Å²) in [5.74, 6) is 0.360. The summed E-state index contributed by atoms with van der Waals surface area (Å²) >= 11 is 0. The van der Waals surface area contributed by atoms with Gasteiger partial charge in [-0.25, -0.2) is 0 Å². The summed E-state index contributed by atoms with van der Waals surface area (Å²) < 4.78 is 0. The maximum Gasteiger partial charge on any atom is 0.255 e. The molecule has 0 N–H and O–H groups in total. The zero-order valence-electron chi connectivity index (χ0n) is 9.11. The average Bonchev–Trinajstić information content (AvgIpc) is 2.16. The van der Waals surface area contributed by atoms with Crippen molar-refractivity contribution in [3.63, 3.8) is 0 Å². The predicted octanol–water partition coefficient (Wildman–Crippen LogP) is 1.91. The van der Waals surface area contributed by atoms with Gasteiger partial charge in [-0.1, -0.05) is 13.8 Å². The van der Waals surface area contributed by atoms with Crippen LogP contribution < -0.4 is 0 Å². The van der Waals surface area contributed by atoms with E-state index in [1.165, 1.54) is 0 Å². The number of carbonyl (C=O) groups is 1. The third-order valence-corrected chi connectivity index (χ3v) is 2.11. The normalized spacial score (nSPS) is 10.4. The van der Waals surface area contributed by atoms with E-state index >= 15 is 0 Å². The SMILES string of the molecule is CC(C)c1ccncc1C(=O)N(C)C. The molecule has 1 heterocycles. The Kier molecular flexibility index (Phi) is 3.23. The molecule has 14 heavy (non-hydrogen) atoms. The standard InChI is InChI=1S/C11H16N2O/c1-8(2)9-5-6-12-7-10(9)11(14)13(3)4/h5-8H,1-4H3. The maximum atomic E-state index is 11.8. The molecule has 1 aromatic rings. The maximum absolute atomic E-state index is 11.8. The van der Waals surface area contributed by atoms with Crippen molar-refractivity contribution in [3.8, 4) is 0 Å². The van der Waals surface area contributed by atoms with Gasteiger partial charge in [-0.2, -0.15) is 0 Å². The van der Waals surface area contributed by atoms with E-state index in [1.807, 2.05) is 6.07 Å². The lowest BCUT2D eigenvalue weighted by molar-refractivity contribution is 0.0825. The second-order valence-electron chi connectivity index (χ2n) is 3.82. The Morgan fingerprint density at radius 1 is 1.43 bits per heavy atom. The van der Waals surface area contributed by atoms with Crippen molar-refractivity contribution < 1.29 is 4.79 Å². The molecule has 0 radical (unpaired) electrons. The Morgan fingerprint density at radius 3 is 2.57 bits per heavy atom. The van der Waals surface area contributed by atoms with E-state index in [2.05, 4.69) is 18.8 Å². The number of pyridine rings is 1. The van der Waals surface area contributed by atoms with E-state index in [0.29, 0.717) is 11.5 Å². The highest BCUT2D eigenvalue weighted by Crippen LogP contribution is 2.18. The highest BCUT2D eigenvalue weighted by atomic mass is 16.2. The average molecular weight is 192 g/mol. The fourth-order valence-electron chi connectivity index (χ4n) is 1.33. The first-order valence-electron chi connectivity index (χ1n) is 4.69. The van der Waals surface area contributed by atoms with Gasteiger partial charge < -0.3 is 4.90 Å². The van der Waals surface area contributed by atoms with Crippen LogP contribution in [0.15, 0.2) is 18.5 Å². The molecule has 1 amide bonds. The number of rotatable bonds is 2. The molecule has 0 aromatic carbocycles. The minimum Gasteiger partial charge on any atom is -0.345 e. The molecule has 0 atom stereocenters. The van der Waals surface area contributed by atoms with Gasteiger partial charge in [0.1, 0.15) is 0 Å². The predicted molar refractivity (Wildman–Crippen MR) is 56.3 cm³/mol. The molecule has 0 aliphatic carbocycles. The van der Waals surface area contributed by atoms with Crippen molar-refractivity contribution in [1.29, 1.82) is 0 Å². The van der Waals surface area contributed by atoms with Gasteiger partial charge in [0.2, 0.25) is 0 Å². The van der Waals surface area contributed by atoms with Crippen LogP contribution in [-0.4, -0.2) is 29.9 Å². The van der Waals surface area contributed by atoms with Gasteiger partial charge in [-0.3, -0.25) is 9.78 Å². The molecule has 1 aromatic heterocycles. The lowest BCUT2D eigenvalue weighted by Crippen LogP contribution is -2.23. The van der Waals surface area contributed by atoms with E-state index in [-0.39, 0.29) is 5.91 Å². The first kappa shape index (κ1) is 10.7. The Balaban J connectivity index is 3.13. The second-order valence-corrected chi connectivity index (χ2v) is 3.82. The Hall–Kier alpha value is -1.38. The molecule has 0 saturated heterocycles. The van der Waals surface area contributed by atoms with E-state index in [1.54, 1.807) is 31.4 Å². The van der Waals surface area contributed by atoms with Crippen molar-refractivity contribution in [2.45, 2.75) is 19.8 Å². The molecule has 0 unspecified atom stereocenters. The van der Waals surface area contributed by atoms with Crippen molar-refractivity contribution in [2.75, 3.05) is 14.1 Å². The third-order valence-electron chi connectivity index (χ3n) is 2.11. The summed E-state index contributed by atoms with van der Waals surface area (Å²) in [7, 11) is 3.50. The van der Waals surface area contributed by atoms with E-state index in [9.17, 15) is 4.79 Å². The fourth-order valence-corrected chi connectivity index (χ4v) is 1.33. The number of hydrogen-bond acceptors (Lipinski definition) is 2. The number of aromatic nitrogens is 1. The van der Waals surface area contributed by atoms with Crippen molar-refractivity contribution in [2.24, 2.45) is 0 Å². The highest BCUT2D eigenvalue weighted by Gasteiger charge is 2.14. The van der Waals surface area contributed by atoms with Crippen LogP contribution in [0.5, 0.6) is 0 Å². The Bertz CT molecular complexity index is 332. The van der Waals surface area contributed by atoms with Gasteiger partial charge in [-0.15, -0.1) is 0 Å². The van der Waals surface area contributed by atoms with Gasteiger partial charge in [-0.05, 0) is 17.5 Å². The van der Waals surface area contributed by atoms with Crippen LogP contribution in [-0.2, 0) is 0 Å². The molecule has 0 bridgehead atoms. The first-order chi connectivity index (χ1) is 6.54. The van der Waals surface area contributed by atoms with E-state index < -0.39 is 0 Å². The van der Waals surface area contributed by atoms with Crippen molar-refractivity contribution in [1.82, 2.24) is 9.88 Å². The minimum atomic E-state index is 0.0156. The molecular formula is C11H16N2O. The molecule has 0 aliphatic rings. The lowest BCUT2D eigenvalue weighted by atomic mass is 9.99. The van der Waals surface area contributed by atoms with Gasteiger partial charge in [0.25, 0.3) is 5.91 Å².